The molecule has 0 aromatic carbocycles. The molecule has 0 bridgehead atoms. The average Bonchev–Trinajstić information content (AvgIpc) is 2.84. The molecule has 1 aromatic rings. The molecule has 7 heteroatoms. The Morgan fingerprint density at radius 3 is 2.85 bits per heavy atom. The van der Waals surface area contributed by atoms with Crippen LogP contribution in [-0.4, -0.2) is 48.0 Å². The molecule has 6 nitrogen and oxygen atoms in total. The average molecular weight is 300 g/mol. The molecule has 2 rings (SSSR count). The second-order valence-corrected chi connectivity index (χ2v) is 7.70. The van der Waals surface area contributed by atoms with Gasteiger partial charge in [-0.05, 0) is 25.3 Å². The predicted molar refractivity (Wildman–Crippen MR) is 77.8 cm³/mol. The minimum atomic E-state index is -3.44. The fourth-order valence-electron chi connectivity index (χ4n) is 2.47. The van der Waals surface area contributed by atoms with Crippen LogP contribution in [0.4, 0.5) is 0 Å². The molecule has 1 N–H and O–H groups in total. The summed E-state index contributed by atoms with van der Waals surface area (Å²) in [6.07, 6.45) is 5.07. The molecule has 1 unspecified atom stereocenters. The highest BCUT2D eigenvalue weighted by Crippen LogP contribution is 2.22. The zero-order chi connectivity index (χ0) is 14.8. The first-order valence-corrected chi connectivity index (χ1v) is 8.55. The third-order valence-corrected chi connectivity index (χ3v) is 5.33. The maximum atomic E-state index is 12.5. The van der Waals surface area contributed by atoms with Crippen LogP contribution in [-0.2, 0) is 17.1 Å². The lowest BCUT2D eigenvalue weighted by Crippen LogP contribution is -2.43. The number of hydrogen-bond acceptors (Lipinski definition) is 4. The highest BCUT2D eigenvalue weighted by molar-refractivity contribution is 7.89. The van der Waals surface area contributed by atoms with Gasteiger partial charge in [-0.3, -0.25) is 0 Å². The van der Waals surface area contributed by atoms with Crippen LogP contribution in [0.3, 0.4) is 0 Å². The molecule has 20 heavy (non-hydrogen) atoms. The van der Waals surface area contributed by atoms with Gasteiger partial charge < -0.3 is 9.88 Å². The van der Waals surface area contributed by atoms with Gasteiger partial charge in [-0.1, -0.05) is 13.8 Å². The summed E-state index contributed by atoms with van der Waals surface area (Å²) in [6, 6.07) is 0.428. The standard InChI is InChI=1S/C13H24N4O2S/c1-11(2)14-7-12-5-4-6-17(8-12)20(18,19)13-9-16(3)10-15-13/h9-12,14H,4-8H2,1-3H3. The number of aryl methyl sites for hydroxylation is 1. The van der Waals surface area contributed by atoms with Crippen molar-refractivity contribution in [1.29, 1.82) is 0 Å². The number of imidazole rings is 1. The topological polar surface area (TPSA) is 67.2 Å². The van der Waals surface area contributed by atoms with E-state index in [0.717, 1.165) is 19.4 Å². The Bertz CT molecular complexity index is 538. The van der Waals surface area contributed by atoms with Gasteiger partial charge in [0.05, 0.1) is 6.33 Å². The first-order chi connectivity index (χ1) is 9.39. The predicted octanol–water partition coefficient (Wildman–Crippen LogP) is 0.819. The third-order valence-electron chi connectivity index (χ3n) is 3.58. The Morgan fingerprint density at radius 1 is 1.50 bits per heavy atom. The van der Waals surface area contributed by atoms with Crippen LogP contribution < -0.4 is 5.32 Å². The van der Waals surface area contributed by atoms with Gasteiger partial charge in [0.25, 0.3) is 10.0 Å². The maximum absolute atomic E-state index is 12.5. The van der Waals surface area contributed by atoms with Crippen molar-refractivity contribution in [2.45, 2.75) is 37.8 Å². The van der Waals surface area contributed by atoms with Crippen LogP contribution in [0.5, 0.6) is 0 Å². The van der Waals surface area contributed by atoms with Crippen LogP contribution in [0.2, 0.25) is 0 Å². The second kappa shape index (κ2) is 6.24. The van der Waals surface area contributed by atoms with Crippen LogP contribution in [0, 0.1) is 5.92 Å². The molecule has 0 radical (unpaired) electrons. The summed E-state index contributed by atoms with van der Waals surface area (Å²) < 4.78 is 28.3. The third kappa shape index (κ3) is 3.59. The van der Waals surface area contributed by atoms with Crippen molar-refractivity contribution in [1.82, 2.24) is 19.2 Å². The Kier molecular flexibility index (Phi) is 4.82. The van der Waals surface area contributed by atoms with Crippen molar-refractivity contribution in [3.05, 3.63) is 12.5 Å². The van der Waals surface area contributed by atoms with E-state index in [1.807, 2.05) is 0 Å². The Morgan fingerprint density at radius 2 is 2.25 bits per heavy atom. The van der Waals surface area contributed by atoms with Gasteiger partial charge >= 0.3 is 0 Å². The van der Waals surface area contributed by atoms with Gasteiger partial charge in [-0.25, -0.2) is 13.4 Å². The minimum absolute atomic E-state index is 0.150. The lowest BCUT2D eigenvalue weighted by atomic mass is 9.99. The van der Waals surface area contributed by atoms with Gasteiger partial charge in [0, 0.05) is 32.4 Å². The zero-order valence-corrected chi connectivity index (χ0v) is 13.2. The van der Waals surface area contributed by atoms with E-state index in [1.54, 1.807) is 22.1 Å². The highest BCUT2D eigenvalue weighted by atomic mass is 32.2. The molecule has 0 saturated carbocycles. The zero-order valence-electron chi connectivity index (χ0n) is 12.4. The minimum Gasteiger partial charge on any atom is -0.339 e. The molecule has 114 valence electrons. The van der Waals surface area contributed by atoms with Gasteiger partial charge in [0.15, 0.2) is 5.03 Å². The summed E-state index contributed by atoms with van der Waals surface area (Å²) in [6.45, 7) is 6.25. The van der Waals surface area contributed by atoms with Crippen LogP contribution in [0.15, 0.2) is 17.6 Å². The molecule has 1 saturated heterocycles. The molecule has 0 amide bonds. The van der Waals surface area contributed by atoms with Crippen LogP contribution >= 0.6 is 0 Å². The lowest BCUT2D eigenvalue weighted by Gasteiger charge is -2.31. The molecule has 1 aliphatic rings. The Labute approximate surface area is 121 Å². The number of rotatable bonds is 5. The largest absolute Gasteiger partial charge is 0.339 e. The summed E-state index contributed by atoms with van der Waals surface area (Å²) in [5.74, 6) is 0.379. The Balaban J connectivity index is 2.04. The van der Waals surface area contributed by atoms with Crippen molar-refractivity contribution < 1.29 is 8.42 Å². The number of nitrogens with zero attached hydrogens (tertiary/aromatic N) is 3. The van der Waals surface area contributed by atoms with E-state index in [0.29, 0.717) is 25.0 Å². The van der Waals surface area contributed by atoms with Gasteiger partial charge in [-0.2, -0.15) is 4.31 Å². The summed E-state index contributed by atoms with van der Waals surface area (Å²) >= 11 is 0. The molecule has 0 aliphatic carbocycles. The smallest absolute Gasteiger partial charge is 0.262 e. The van der Waals surface area contributed by atoms with Gasteiger partial charge in [0.2, 0.25) is 0 Å². The highest BCUT2D eigenvalue weighted by Gasteiger charge is 2.31. The molecular weight excluding hydrogens is 276 g/mol. The molecule has 1 aliphatic heterocycles. The molecule has 1 fully saturated rings. The number of hydrogen-bond donors (Lipinski definition) is 1. The van der Waals surface area contributed by atoms with Crippen molar-refractivity contribution in [2.24, 2.45) is 13.0 Å². The van der Waals surface area contributed by atoms with E-state index in [4.69, 9.17) is 0 Å². The number of piperidine rings is 1. The first kappa shape index (κ1) is 15.5. The molecule has 2 heterocycles. The normalized spacial score (nSPS) is 21.5. The lowest BCUT2D eigenvalue weighted by molar-refractivity contribution is 0.256. The molecular formula is C13H24N4O2S. The summed E-state index contributed by atoms with van der Waals surface area (Å²) in [4.78, 5) is 3.98. The quantitative estimate of drug-likeness (QED) is 0.874. The van der Waals surface area contributed by atoms with E-state index in [9.17, 15) is 8.42 Å². The Hall–Kier alpha value is -0.920. The summed E-state index contributed by atoms with van der Waals surface area (Å²) in [5.41, 5.74) is 0. The van der Waals surface area contributed by atoms with E-state index in [-0.39, 0.29) is 5.03 Å². The van der Waals surface area contributed by atoms with Crippen molar-refractivity contribution in [2.75, 3.05) is 19.6 Å². The first-order valence-electron chi connectivity index (χ1n) is 7.11. The molecule has 0 spiro atoms. The van der Waals surface area contributed by atoms with Crippen molar-refractivity contribution >= 4 is 10.0 Å². The van der Waals surface area contributed by atoms with Crippen molar-refractivity contribution in [3.8, 4) is 0 Å². The second-order valence-electron chi connectivity index (χ2n) is 5.81. The van der Waals surface area contributed by atoms with Crippen molar-refractivity contribution in [3.63, 3.8) is 0 Å². The van der Waals surface area contributed by atoms with Crippen LogP contribution in [0.1, 0.15) is 26.7 Å². The van der Waals surface area contributed by atoms with Gasteiger partial charge in [-0.15, -0.1) is 0 Å². The SMILES string of the molecule is CC(C)NCC1CCCN(S(=O)(=O)c2cn(C)cn2)C1. The number of aromatic nitrogens is 2. The van der Waals surface area contributed by atoms with E-state index in [1.165, 1.54) is 6.33 Å². The van der Waals surface area contributed by atoms with E-state index >= 15 is 0 Å². The van der Waals surface area contributed by atoms with Crippen LogP contribution in [0.25, 0.3) is 0 Å². The summed E-state index contributed by atoms with van der Waals surface area (Å²) in [5, 5.41) is 3.54. The van der Waals surface area contributed by atoms with Gasteiger partial charge in [0.1, 0.15) is 0 Å². The summed E-state index contributed by atoms with van der Waals surface area (Å²) in [7, 11) is -1.66. The fraction of sp³-hybridized carbons (Fsp3) is 0.769. The molecule has 1 atom stereocenters. The van der Waals surface area contributed by atoms with E-state index in [2.05, 4.69) is 24.1 Å². The monoisotopic (exact) mass is 300 g/mol. The molecule has 1 aromatic heterocycles. The van der Waals surface area contributed by atoms with E-state index < -0.39 is 10.0 Å². The number of sulfonamides is 1. The maximum Gasteiger partial charge on any atom is 0.262 e. The fourth-order valence-corrected chi connectivity index (χ4v) is 3.99. The number of nitrogens with one attached hydrogen (secondary N) is 1.